The van der Waals surface area contributed by atoms with Gasteiger partial charge in [0, 0.05) is 45.8 Å². The van der Waals surface area contributed by atoms with Crippen molar-refractivity contribution in [2.75, 3.05) is 44.9 Å². The molecule has 0 saturated heterocycles. The molecule has 0 fully saturated rings. The Balaban J connectivity index is 7.06. The van der Waals surface area contributed by atoms with Crippen LogP contribution in [0.3, 0.4) is 0 Å². The van der Waals surface area contributed by atoms with E-state index in [1.807, 2.05) is 0 Å². The zero-order chi connectivity index (χ0) is 66.9. The summed E-state index contributed by atoms with van der Waals surface area (Å²) < 4.78 is 26.1. The summed E-state index contributed by atoms with van der Waals surface area (Å²) in [5.41, 5.74) is -3.25. The molecule has 87 heavy (non-hydrogen) atoms. The molecule has 0 radical (unpaired) electrons. The van der Waals surface area contributed by atoms with E-state index in [4.69, 9.17) is 23.7 Å². The highest BCUT2D eigenvalue weighted by atomic mass is 32.2. The number of carbonyl (C=O) groups excluding carboxylic acids is 13. The molecule has 0 aromatic heterocycles. The minimum Gasteiger partial charge on any atom is -0.467 e. The lowest BCUT2D eigenvalue weighted by atomic mass is 10.0. The number of hydrogen-bond acceptors (Lipinski definition) is 19. The molecule has 0 heterocycles. The van der Waals surface area contributed by atoms with Crippen LogP contribution in [0, 0.1) is 0 Å². The van der Waals surface area contributed by atoms with E-state index in [1.165, 1.54) is 27.7 Å². The van der Waals surface area contributed by atoms with Crippen molar-refractivity contribution in [1.29, 1.82) is 0 Å². The molecule has 0 aromatic rings. The third-order valence-electron chi connectivity index (χ3n) is 11.2. The summed E-state index contributed by atoms with van der Waals surface area (Å²) in [6.45, 7) is 25.3. The van der Waals surface area contributed by atoms with Crippen LogP contribution in [0.2, 0.25) is 0 Å². The highest BCUT2D eigenvalue weighted by molar-refractivity contribution is 7.99. The first-order valence-electron chi connectivity index (χ1n) is 29.0. The van der Waals surface area contributed by atoms with Crippen molar-refractivity contribution < 1.29 is 86.0 Å². The topological polar surface area (TPSA) is 412 Å². The Kier molecular flexibility index (Phi) is 36.1. The first-order valence-corrected chi connectivity index (χ1v) is 30.1. The van der Waals surface area contributed by atoms with Crippen LogP contribution in [0.4, 0.5) is 19.2 Å². The average molecular weight is 1260 g/mol. The monoisotopic (exact) mass is 1260 g/mol. The van der Waals surface area contributed by atoms with E-state index in [9.17, 15) is 62.3 Å². The minimum absolute atomic E-state index is 0.00403. The number of hydrogen-bond donors (Lipinski definition) is 12. The molecular weight excluding hydrogens is 1160 g/mol. The molecule has 0 aliphatic carbocycles. The van der Waals surface area contributed by atoms with Gasteiger partial charge < -0.3 is 87.5 Å². The van der Waals surface area contributed by atoms with Crippen LogP contribution in [0.1, 0.15) is 169 Å². The van der Waals surface area contributed by atoms with Gasteiger partial charge in [-0.1, -0.05) is 0 Å². The molecule has 0 spiro atoms. The van der Waals surface area contributed by atoms with E-state index >= 15 is 0 Å². The van der Waals surface area contributed by atoms with Gasteiger partial charge >= 0.3 is 30.3 Å². The van der Waals surface area contributed by atoms with Gasteiger partial charge in [-0.25, -0.2) is 24.0 Å². The second-order valence-corrected chi connectivity index (χ2v) is 25.4. The Labute approximate surface area is 515 Å². The van der Waals surface area contributed by atoms with Crippen molar-refractivity contribution >= 4 is 89.4 Å². The van der Waals surface area contributed by atoms with E-state index in [0.29, 0.717) is 12.8 Å². The number of amides is 12. The summed E-state index contributed by atoms with van der Waals surface area (Å²) in [6.07, 6.45) is -2.53. The molecule has 1 unspecified atom stereocenters. The van der Waals surface area contributed by atoms with Gasteiger partial charge in [-0.2, -0.15) is 0 Å². The smallest absolute Gasteiger partial charge is 0.407 e. The van der Waals surface area contributed by atoms with Crippen molar-refractivity contribution in [3.63, 3.8) is 0 Å². The van der Waals surface area contributed by atoms with Crippen LogP contribution in [0.5, 0.6) is 0 Å². The van der Waals surface area contributed by atoms with Crippen LogP contribution in [-0.2, 0) is 66.8 Å². The van der Waals surface area contributed by atoms with Crippen LogP contribution < -0.4 is 63.8 Å². The molecule has 0 aliphatic rings. The fourth-order valence-electron chi connectivity index (χ4n) is 7.26. The van der Waals surface area contributed by atoms with Crippen molar-refractivity contribution in [3.05, 3.63) is 0 Å². The van der Waals surface area contributed by atoms with Gasteiger partial charge in [0.05, 0.1) is 13.0 Å². The van der Waals surface area contributed by atoms with E-state index < -0.39 is 136 Å². The Morgan fingerprint density at radius 3 is 0.977 bits per heavy atom. The number of carbonyl (C=O) groups is 13. The number of esters is 1. The van der Waals surface area contributed by atoms with Crippen LogP contribution in [0.15, 0.2) is 0 Å². The largest absolute Gasteiger partial charge is 0.467 e. The van der Waals surface area contributed by atoms with Crippen molar-refractivity contribution in [2.24, 2.45) is 0 Å². The standard InChI is InChI=1S/C56H100N12O18S/c1-33(63-47(76)41(64-36(4)70)31-87-32-61-35(3)69)42(71)65-38(25-21-29-59-51(80)85-55(11,12)13)45(74)67-39(26-22-30-60-52(81)86-56(14,15)16)46(75)66-37(24-20-28-58-50(79)84-54(8,9)10)44(73)62-34(2)43(72)68-40(48(77)82-17)23-18-19-27-57-49(78)83-53(5,6)7/h33-34,37-41H,18-32H2,1-17H3,(H,57,78)(H,58,79)(H,59,80)(H,60,81)(H,61,69)(H,62,73)(H,63,76)(H,64,70)(H,65,71)(H,66,75)(H,67,74)(H,68,72)/t33-,34-,37?,38-,39-,40-,41-/m1/s1. The Hall–Kier alpha value is -7.34. The summed E-state index contributed by atoms with van der Waals surface area (Å²) in [6, 6.07) is -9.42. The van der Waals surface area contributed by atoms with Crippen molar-refractivity contribution in [1.82, 2.24) is 63.8 Å². The molecule has 498 valence electrons. The molecule has 7 atom stereocenters. The van der Waals surface area contributed by atoms with E-state index in [-0.39, 0.29) is 88.7 Å². The predicted octanol–water partition coefficient (Wildman–Crippen LogP) is 2.05. The van der Waals surface area contributed by atoms with E-state index in [2.05, 4.69) is 63.8 Å². The molecule has 0 aromatic carbocycles. The number of rotatable bonds is 35. The second kappa shape index (κ2) is 39.5. The number of ether oxygens (including phenoxy) is 5. The van der Waals surface area contributed by atoms with Gasteiger partial charge in [0.1, 0.15) is 64.7 Å². The first-order chi connectivity index (χ1) is 40.1. The maximum Gasteiger partial charge on any atom is 0.407 e. The zero-order valence-electron chi connectivity index (χ0n) is 53.9. The quantitative estimate of drug-likeness (QED) is 0.0187. The van der Waals surface area contributed by atoms with Gasteiger partial charge in [-0.05, 0) is 155 Å². The normalized spacial score (nSPS) is 13.9. The molecule has 30 nitrogen and oxygen atoms in total. The summed E-state index contributed by atoms with van der Waals surface area (Å²) in [5.74, 6) is -6.74. The number of alkyl carbamates (subject to hydrolysis) is 4. The lowest BCUT2D eigenvalue weighted by Crippen LogP contribution is -2.59. The molecule has 0 saturated carbocycles. The molecule has 31 heteroatoms. The van der Waals surface area contributed by atoms with Crippen LogP contribution in [0.25, 0.3) is 0 Å². The Morgan fingerprint density at radius 1 is 0.356 bits per heavy atom. The molecule has 12 amide bonds. The van der Waals surface area contributed by atoms with Crippen molar-refractivity contribution in [3.8, 4) is 0 Å². The lowest BCUT2D eigenvalue weighted by molar-refractivity contribution is -0.145. The number of thioether (sulfide) groups is 1. The third-order valence-corrected chi connectivity index (χ3v) is 12.1. The maximum absolute atomic E-state index is 14.6. The number of methoxy groups -OCH3 is 1. The lowest BCUT2D eigenvalue weighted by Gasteiger charge is -2.27. The Morgan fingerprint density at radius 2 is 0.655 bits per heavy atom. The van der Waals surface area contributed by atoms with Gasteiger partial charge in [-0.3, -0.25) is 38.4 Å². The van der Waals surface area contributed by atoms with E-state index in [1.54, 1.807) is 83.1 Å². The Bertz CT molecular complexity index is 2300. The van der Waals surface area contributed by atoms with Crippen molar-refractivity contribution in [2.45, 2.75) is 233 Å². The van der Waals surface area contributed by atoms with Crippen LogP contribution >= 0.6 is 11.8 Å². The molecular formula is C56H100N12O18S. The summed E-state index contributed by atoms with van der Waals surface area (Å²) >= 11 is 1.13. The summed E-state index contributed by atoms with van der Waals surface area (Å²) in [4.78, 5) is 170. The SMILES string of the molecule is COC(=O)[C@@H](CCCCNC(=O)OC(C)(C)C)NC(=O)[C@@H](C)NC(=O)C(CCCNC(=O)OC(C)(C)C)NC(=O)[C@@H](CCCNC(=O)OC(C)(C)C)NC(=O)[C@@H](CCCNC(=O)OC(C)(C)C)NC(=O)[C@@H](C)NC(=O)[C@@H](CSCNC(C)=O)NC(C)=O. The minimum atomic E-state index is -1.51. The highest BCUT2D eigenvalue weighted by Gasteiger charge is 2.34. The molecule has 0 aliphatic heterocycles. The molecule has 12 N–H and O–H groups in total. The summed E-state index contributed by atoms with van der Waals surface area (Å²) in [7, 11) is 1.13. The molecule has 0 bridgehead atoms. The first kappa shape index (κ1) is 79.7. The predicted molar refractivity (Wildman–Crippen MR) is 322 cm³/mol. The number of nitrogens with one attached hydrogen (secondary N) is 12. The van der Waals surface area contributed by atoms with Gasteiger partial charge in [0.15, 0.2) is 0 Å². The van der Waals surface area contributed by atoms with E-state index in [0.717, 1.165) is 18.9 Å². The maximum atomic E-state index is 14.6. The average Bonchev–Trinajstić information content (AvgIpc) is 3.58. The van der Waals surface area contributed by atoms with Gasteiger partial charge in [0.25, 0.3) is 0 Å². The zero-order valence-corrected chi connectivity index (χ0v) is 54.7. The second-order valence-electron chi connectivity index (χ2n) is 24.4. The fourth-order valence-corrected chi connectivity index (χ4v) is 8.16. The van der Waals surface area contributed by atoms with Gasteiger partial charge in [-0.15, -0.1) is 11.8 Å². The van der Waals surface area contributed by atoms with Gasteiger partial charge in [0.2, 0.25) is 47.3 Å². The summed E-state index contributed by atoms with van der Waals surface area (Å²) in [5, 5.41) is 30.9. The number of unbranched alkanes of at least 4 members (excludes halogenated alkanes) is 1. The third kappa shape index (κ3) is 40.6. The highest BCUT2D eigenvalue weighted by Crippen LogP contribution is 2.13. The fraction of sp³-hybridized carbons (Fsp3) is 0.768. The van der Waals surface area contributed by atoms with Crippen LogP contribution in [-0.4, -0.2) is 187 Å². The molecule has 0 rings (SSSR count).